The number of hydrogen-bond donors (Lipinski definition) is 1. The first kappa shape index (κ1) is 31.9. The lowest BCUT2D eigenvalue weighted by molar-refractivity contribution is 0.667. The van der Waals surface area contributed by atoms with Gasteiger partial charge in [0.1, 0.15) is 34.3 Å². The van der Waals surface area contributed by atoms with E-state index in [-0.39, 0.29) is 6.17 Å². The number of amidine groups is 2. The first-order valence-electron chi connectivity index (χ1n) is 19.5. The standard InChI is InChI=1S/C51H34N4O2/c1-3-11-31(12-4-1)49-52-50(32-13-5-2-6-14-32)54-51(53-49)35-19-23-39-40-24-22-36(30-48(40)57-47(39)29-35)55-43-17-9-7-15-37(43)41-27-33(20-25-44(41)55)34-21-26-46-42(28-34)38-16-8-10-18-45(38)56-46/h1-5,7-13,15-30,50H,6,14H2,(H,52,53,54). The summed E-state index contributed by atoms with van der Waals surface area (Å²) in [7, 11) is 0. The predicted molar refractivity (Wildman–Crippen MR) is 234 cm³/mol. The molecular weight excluding hydrogens is 701 g/mol. The Morgan fingerprint density at radius 2 is 1.21 bits per heavy atom. The number of allylic oxidation sites excluding steroid dienone is 3. The third-order valence-corrected chi connectivity index (χ3v) is 11.5. The van der Waals surface area contributed by atoms with Crippen LogP contribution in [0.5, 0.6) is 0 Å². The molecule has 57 heavy (non-hydrogen) atoms. The molecule has 0 saturated heterocycles. The van der Waals surface area contributed by atoms with Gasteiger partial charge in [0.05, 0.1) is 11.0 Å². The Morgan fingerprint density at radius 1 is 0.526 bits per heavy atom. The third kappa shape index (κ3) is 5.18. The number of aromatic nitrogens is 1. The number of fused-ring (bicyclic) bond motifs is 9. The van der Waals surface area contributed by atoms with Crippen molar-refractivity contribution in [2.45, 2.75) is 19.0 Å². The average Bonchev–Trinajstić information content (AvgIpc) is 3.95. The minimum Gasteiger partial charge on any atom is -0.456 e. The minimum atomic E-state index is -0.186. The molecule has 7 aromatic carbocycles. The lowest BCUT2D eigenvalue weighted by Crippen LogP contribution is -2.40. The molecule has 4 heterocycles. The maximum absolute atomic E-state index is 6.68. The average molecular weight is 735 g/mol. The van der Waals surface area contributed by atoms with E-state index in [1.807, 2.05) is 30.3 Å². The van der Waals surface area contributed by atoms with Crippen LogP contribution in [0.1, 0.15) is 24.0 Å². The fourth-order valence-corrected chi connectivity index (χ4v) is 8.74. The zero-order chi connectivity index (χ0) is 37.5. The van der Waals surface area contributed by atoms with Gasteiger partial charge in [-0.1, -0.05) is 103 Å². The van der Waals surface area contributed by atoms with E-state index in [0.29, 0.717) is 0 Å². The summed E-state index contributed by atoms with van der Waals surface area (Å²) in [5, 5.41) is 10.5. The maximum atomic E-state index is 6.68. The molecule has 6 nitrogen and oxygen atoms in total. The Balaban J connectivity index is 0.940. The van der Waals surface area contributed by atoms with Gasteiger partial charge in [0, 0.05) is 55.2 Å². The van der Waals surface area contributed by atoms with Crippen molar-refractivity contribution in [3.05, 3.63) is 187 Å². The van der Waals surface area contributed by atoms with E-state index < -0.39 is 0 Å². The van der Waals surface area contributed by atoms with Crippen molar-refractivity contribution in [1.82, 2.24) is 9.88 Å². The van der Waals surface area contributed by atoms with Crippen LogP contribution in [0.2, 0.25) is 0 Å². The zero-order valence-electron chi connectivity index (χ0n) is 30.8. The van der Waals surface area contributed by atoms with Gasteiger partial charge in [-0.05, 0) is 90.2 Å². The number of nitrogens with zero attached hydrogens (tertiary/aromatic N) is 3. The smallest absolute Gasteiger partial charge is 0.159 e. The zero-order valence-corrected chi connectivity index (χ0v) is 30.8. The molecule has 270 valence electrons. The van der Waals surface area contributed by atoms with Crippen LogP contribution in [-0.4, -0.2) is 22.4 Å². The molecule has 0 amide bonds. The lowest BCUT2D eigenvalue weighted by atomic mass is 10.0. The van der Waals surface area contributed by atoms with Crippen LogP contribution in [0.3, 0.4) is 0 Å². The molecule has 1 unspecified atom stereocenters. The quantitative estimate of drug-likeness (QED) is 0.191. The van der Waals surface area contributed by atoms with Gasteiger partial charge in [0.25, 0.3) is 0 Å². The fourth-order valence-electron chi connectivity index (χ4n) is 8.74. The van der Waals surface area contributed by atoms with Crippen molar-refractivity contribution in [2.24, 2.45) is 9.98 Å². The van der Waals surface area contributed by atoms with Crippen LogP contribution in [-0.2, 0) is 0 Å². The van der Waals surface area contributed by atoms with Crippen LogP contribution in [0.4, 0.5) is 0 Å². The van der Waals surface area contributed by atoms with Gasteiger partial charge in [0.2, 0.25) is 0 Å². The summed E-state index contributed by atoms with van der Waals surface area (Å²) < 4.78 is 15.2. The predicted octanol–water partition coefficient (Wildman–Crippen LogP) is 12.6. The van der Waals surface area contributed by atoms with E-state index in [9.17, 15) is 0 Å². The normalized spacial score (nSPS) is 15.8. The molecule has 6 heteroatoms. The summed E-state index contributed by atoms with van der Waals surface area (Å²) in [5.74, 6) is 1.51. The van der Waals surface area contributed by atoms with E-state index in [1.165, 1.54) is 21.9 Å². The van der Waals surface area contributed by atoms with E-state index in [1.54, 1.807) is 0 Å². The highest BCUT2D eigenvalue weighted by Gasteiger charge is 2.24. The number of nitrogens with one attached hydrogen (secondary N) is 1. The highest BCUT2D eigenvalue weighted by molar-refractivity contribution is 6.16. The number of aliphatic imine (C=N–C) groups is 2. The number of benzene rings is 7. The van der Waals surface area contributed by atoms with Crippen molar-refractivity contribution in [2.75, 3.05) is 0 Å². The highest BCUT2D eigenvalue weighted by Crippen LogP contribution is 2.39. The van der Waals surface area contributed by atoms with E-state index in [0.717, 1.165) is 102 Å². The summed E-state index contributed by atoms with van der Waals surface area (Å²) in [6, 6.07) is 53.3. The van der Waals surface area contributed by atoms with Gasteiger partial charge in [-0.15, -0.1) is 0 Å². The number of rotatable bonds is 5. The Bertz CT molecular complexity index is 3390. The summed E-state index contributed by atoms with van der Waals surface area (Å²) in [6.07, 6.45) is 8.29. The minimum absolute atomic E-state index is 0.186. The second kappa shape index (κ2) is 12.5. The Labute approximate surface area is 327 Å². The molecule has 0 saturated carbocycles. The van der Waals surface area contributed by atoms with E-state index in [4.69, 9.17) is 18.8 Å². The maximum Gasteiger partial charge on any atom is 0.159 e. The molecule has 1 N–H and O–H groups in total. The van der Waals surface area contributed by atoms with Gasteiger partial charge in [-0.2, -0.15) is 0 Å². The van der Waals surface area contributed by atoms with E-state index in [2.05, 4.69) is 149 Å². The summed E-state index contributed by atoms with van der Waals surface area (Å²) in [5.41, 5.74) is 12.3. The van der Waals surface area contributed by atoms with Crippen LogP contribution in [0, 0.1) is 0 Å². The Kier molecular flexibility index (Phi) is 7.01. The van der Waals surface area contributed by atoms with Crippen LogP contribution in [0.15, 0.2) is 194 Å². The highest BCUT2D eigenvalue weighted by atomic mass is 16.3. The Morgan fingerprint density at radius 3 is 2.09 bits per heavy atom. The lowest BCUT2D eigenvalue weighted by Gasteiger charge is -2.26. The SMILES string of the molecule is C1=CCCC(C2N=C(c3ccccc3)N=C(c3ccc4c(c3)oc3cc(-n5c6ccccc6c6cc(-c7ccc8oc9ccccc9c8c7)ccc65)ccc34)N2)=C1. The second-order valence-corrected chi connectivity index (χ2v) is 14.9. The molecule has 3 aromatic heterocycles. The first-order valence-corrected chi connectivity index (χ1v) is 19.5. The summed E-state index contributed by atoms with van der Waals surface area (Å²) in [4.78, 5) is 10.1. The molecule has 2 aliphatic rings. The first-order chi connectivity index (χ1) is 28.2. The van der Waals surface area contributed by atoms with E-state index >= 15 is 0 Å². The molecule has 1 aliphatic heterocycles. The van der Waals surface area contributed by atoms with Gasteiger partial charge >= 0.3 is 0 Å². The van der Waals surface area contributed by atoms with Crippen molar-refractivity contribution in [3.8, 4) is 16.8 Å². The van der Waals surface area contributed by atoms with Crippen molar-refractivity contribution >= 4 is 77.4 Å². The fraction of sp³-hybridized carbons (Fsp3) is 0.0588. The van der Waals surface area contributed by atoms with Gasteiger partial charge in [-0.25, -0.2) is 9.98 Å². The van der Waals surface area contributed by atoms with Gasteiger partial charge in [0.15, 0.2) is 5.84 Å². The molecule has 12 rings (SSSR count). The number of para-hydroxylation sites is 2. The summed E-state index contributed by atoms with van der Waals surface area (Å²) in [6.45, 7) is 0. The molecule has 1 aliphatic carbocycles. The van der Waals surface area contributed by atoms with Crippen LogP contribution >= 0.6 is 0 Å². The number of furan rings is 2. The molecule has 10 aromatic rings. The van der Waals surface area contributed by atoms with Crippen molar-refractivity contribution in [3.63, 3.8) is 0 Å². The van der Waals surface area contributed by atoms with Crippen LogP contribution in [0.25, 0.3) is 82.5 Å². The largest absolute Gasteiger partial charge is 0.456 e. The van der Waals surface area contributed by atoms with Gasteiger partial charge in [-0.3, -0.25) is 0 Å². The molecule has 0 bridgehead atoms. The molecule has 0 spiro atoms. The molecule has 0 radical (unpaired) electrons. The molecular formula is C51H34N4O2. The van der Waals surface area contributed by atoms with Crippen LogP contribution < -0.4 is 5.32 Å². The van der Waals surface area contributed by atoms with Crippen molar-refractivity contribution < 1.29 is 8.83 Å². The molecule has 1 atom stereocenters. The van der Waals surface area contributed by atoms with Crippen molar-refractivity contribution in [1.29, 1.82) is 0 Å². The molecule has 0 fully saturated rings. The Hall–Kier alpha value is -7.44. The topological polar surface area (TPSA) is 68.0 Å². The van der Waals surface area contributed by atoms with Gasteiger partial charge < -0.3 is 18.7 Å². The summed E-state index contributed by atoms with van der Waals surface area (Å²) >= 11 is 0. The third-order valence-electron chi connectivity index (χ3n) is 11.5. The second-order valence-electron chi connectivity index (χ2n) is 14.9. The number of hydrogen-bond acceptors (Lipinski definition) is 5. The monoisotopic (exact) mass is 734 g/mol.